The lowest BCUT2D eigenvalue weighted by atomic mass is 10.3. The number of amides is 1. The van der Waals surface area contributed by atoms with E-state index in [4.69, 9.17) is 4.74 Å². The summed E-state index contributed by atoms with van der Waals surface area (Å²) in [6, 6.07) is 0. The number of carbonyl (C=O) groups excluding carboxylic acids is 1. The number of nitrogens with zero attached hydrogens (tertiary/aromatic N) is 1. The molecule has 1 fully saturated rings. The van der Waals surface area contributed by atoms with Gasteiger partial charge in [0, 0.05) is 39.3 Å². The van der Waals surface area contributed by atoms with Gasteiger partial charge in [0.05, 0.1) is 12.6 Å². The average Bonchev–Trinajstić information content (AvgIpc) is 2.28. The van der Waals surface area contributed by atoms with Crippen LogP contribution in [0.3, 0.4) is 0 Å². The van der Waals surface area contributed by atoms with Crippen LogP contribution in [0, 0.1) is 0 Å². The molecule has 16 heavy (non-hydrogen) atoms. The molecule has 1 saturated heterocycles. The van der Waals surface area contributed by atoms with Gasteiger partial charge in [-0.1, -0.05) is 0 Å². The van der Waals surface area contributed by atoms with E-state index in [2.05, 4.69) is 15.5 Å². The zero-order valence-corrected chi connectivity index (χ0v) is 10.3. The van der Waals surface area contributed by atoms with Gasteiger partial charge < -0.3 is 15.4 Å². The third-order valence-corrected chi connectivity index (χ3v) is 2.61. The first-order valence-electron chi connectivity index (χ1n) is 6.03. The molecule has 2 N–H and O–H groups in total. The number of nitrogens with one attached hydrogen (secondary N) is 2. The molecule has 0 radical (unpaired) electrons. The first kappa shape index (κ1) is 13.4. The van der Waals surface area contributed by atoms with Crippen molar-refractivity contribution in [3.05, 3.63) is 0 Å². The molecule has 1 heterocycles. The molecule has 0 saturated carbocycles. The largest absolute Gasteiger partial charge is 0.377 e. The van der Waals surface area contributed by atoms with Crippen LogP contribution in [0.25, 0.3) is 0 Å². The lowest BCUT2D eigenvalue weighted by molar-refractivity contribution is -0.123. The molecule has 0 bridgehead atoms. The van der Waals surface area contributed by atoms with Crippen molar-refractivity contribution >= 4 is 5.91 Å². The molecule has 1 amide bonds. The van der Waals surface area contributed by atoms with Gasteiger partial charge in [0.1, 0.15) is 0 Å². The minimum atomic E-state index is 0.0912. The van der Waals surface area contributed by atoms with Crippen molar-refractivity contribution in [3.63, 3.8) is 0 Å². The number of rotatable bonds is 6. The average molecular weight is 229 g/mol. The van der Waals surface area contributed by atoms with Crippen LogP contribution in [-0.2, 0) is 9.53 Å². The van der Waals surface area contributed by atoms with E-state index in [1.807, 2.05) is 13.8 Å². The van der Waals surface area contributed by atoms with Gasteiger partial charge in [0.25, 0.3) is 0 Å². The van der Waals surface area contributed by atoms with Crippen LogP contribution in [-0.4, -0.2) is 62.8 Å². The van der Waals surface area contributed by atoms with Crippen LogP contribution in [0.2, 0.25) is 0 Å². The first-order chi connectivity index (χ1) is 7.72. The fourth-order valence-electron chi connectivity index (χ4n) is 1.73. The molecule has 5 nitrogen and oxygen atoms in total. The maximum atomic E-state index is 11.6. The van der Waals surface area contributed by atoms with Gasteiger partial charge in [-0.15, -0.1) is 0 Å². The normalized spacial score (nSPS) is 19.4. The molecule has 1 aliphatic heterocycles. The summed E-state index contributed by atoms with van der Waals surface area (Å²) in [7, 11) is 0. The Balaban J connectivity index is 2.10. The molecule has 94 valence electrons. The van der Waals surface area contributed by atoms with Gasteiger partial charge in [-0.25, -0.2) is 0 Å². The molecular formula is C11H23N3O2. The van der Waals surface area contributed by atoms with E-state index in [9.17, 15) is 4.79 Å². The van der Waals surface area contributed by atoms with Crippen LogP contribution in [0.15, 0.2) is 0 Å². The van der Waals surface area contributed by atoms with E-state index in [1.54, 1.807) is 0 Å². The maximum absolute atomic E-state index is 11.6. The lowest BCUT2D eigenvalue weighted by Gasteiger charge is -2.26. The maximum Gasteiger partial charge on any atom is 0.234 e. The molecule has 0 aliphatic carbocycles. The summed E-state index contributed by atoms with van der Waals surface area (Å²) in [5, 5.41) is 6.15. The molecule has 5 heteroatoms. The van der Waals surface area contributed by atoms with E-state index in [1.165, 1.54) is 0 Å². The van der Waals surface area contributed by atoms with Gasteiger partial charge in [-0.05, 0) is 13.8 Å². The van der Waals surface area contributed by atoms with Crippen LogP contribution < -0.4 is 10.6 Å². The predicted molar refractivity (Wildman–Crippen MR) is 63.4 cm³/mol. The van der Waals surface area contributed by atoms with Crippen LogP contribution in [0.5, 0.6) is 0 Å². The number of carbonyl (C=O) groups is 1. The number of ether oxygens (including phenoxy) is 1. The highest BCUT2D eigenvalue weighted by Crippen LogP contribution is 1.92. The third kappa shape index (κ3) is 5.44. The van der Waals surface area contributed by atoms with Gasteiger partial charge >= 0.3 is 0 Å². The van der Waals surface area contributed by atoms with Gasteiger partial charge in [0.2, 0.25) is 5.91 Å². The highest BCUT2D eigenvalue weighted by atomic mass is 16.5. The highest BCUT2D eigenvalue weighted by Gasteiger charge is 2.13. The SMILES string of the molecule is CCOC(C)CNC(=O)CN1CCNCC1. The quantitative estimate of drug-likeness (QED) is 0.640. The van der Waals surface area contributed by atoms with Crippen molar-refractivity contribution in [1.82, 2.24) is 15.5 Å². The Hall–Kier alpha value is -0.650. The summed E-state index contributed by atoms with van der Waals surface area (Å²) in [4.78, 5) is 13.8. The van der Waals surface area contributed by atoms with Gasteiger partial charge in [-0.3, -0.25) is 9.69 Å². The number of piperazine rings is 1. The third-order valence-electron chi connectivity index (χ3n) is 2.61. The standard InChI is InChI=1S/C11H23N3O2/c1-3-16-10(2)8-13-11(15)9-14-6-4-12-5-7-14/h10,12H,3-9H2,1-2H3,(H,13,15). The number of hydrogen-bond acceptors (Lipinski definition) is 4. The van der Waals surface area contributed by atoms with E-state index in [-0.39, 0.29) is 12.0 Å². The second-order valence-electron chi connectivity index (χ2n) is 4.10. The minimum Gasteiger partial charge on any atom is -0.377 e. The van der Waals surface area contributed by atoms with E-state index >= 15 is 0 Å². The van der Waals surface area contributed by atoms with Crippen molar-refractivity contribution in [3.8, 4) is 0 Å². The van der Waals surface area contributed by atoms with Crippen molar-refractivity contribution in [2.75, 3.05) is 45.9 Å². The van der Waals surface area contributed by atoms with Crippen LogP contribution >= 0.6 is 0 Å². The Morgan fingerprint density at radius 3 is 2.81 bits per heavy atom. The van der Waals surface area contributed by atoms with Crippen LogP contribution in [0.1, 0.15) is 13.8 Å². The molecule has 1 atom stereocenters. The lowest BCUT2D eigenvalue weighted by Crippen LogP contribution is -2.48. The Morgan fingerprint density at radius 1 is 1.50 bits per heavy atom. The van der Waals surface area contributed by atoms with Crippen molar-refractivity contribution < 1.29 is 9.53 Å². The minimum absolute atomic E-state index is 0.0912. The highest BCUT2D eigenvalue weighted by molar-refractivity contribution is 5.78. The second-order valence-corrected chi connectivity index (χ2v) is 4.10. The molecule has 0 aromatic carbocycles. The molecular weight excluding hydrogens is 206 g/mol. The summed E-state index contributed by atoms with van der Waals surface area (Å²) >= 11 is 0. The molecule has 1 unspecified atom stereocenters. The predicted octanol–water partition coefficient (Wildman–Crippen LogP) is -0.567. The Kier molecular flexibility index (Phi) is 6.37. The van der Waals surface area contributed by atoms with Crippen LogP contribution in [0.4, 0.5) is 0 Å². The van der Waals surface area contributed by atoms with E-state index < -0.39 is 0 Å². The molecule has 0 aromatic rings. The first-order valence-corrected chi connectivity index (χ1v) is 6.03. The summed E-state index contributed by atoms with van der Waals surface area (Å²) in [6.07, 6.45) is 0.0944. The van der Waals surface area contributed by atoms with Gasteiger partial charge in [0.15, 0.2) is 0 Å². The van der Waals surface area contributed by atoms with E-state index in [0.717, 1.165) is 26.2 Å². The fourth-order valence-corrected chi connectivity index (χ4v) is 1.73. The number of hydrogen-bond donors (Lipinski definition) is 2. The van der Waals surface area contributed by atoms with Crippen molar-refractivity contribution in [1.29, 1.82) is 0 Å². The summed E-state index contributed by atoms with van der Waals surface area (Å²) in [5.74, 6) is 0.0912. The second kappa shape index (κ2) is 7.60. The topological polar surface area (TPSA) is 53.6 Å². The molecule has 1 aliphatic rings. The summed E-state index contributed by atoms with van der Waals surface area (Å²) in [6.45, 7) is 9.57. The summed E-state index contributed by atoms with van der Waals surface area (Å²) in [5.41, 5.74) is 0. The molecule has 1 rings (SSSR count). The molecule has 0 spiro atoms. The Morgan fingerprint density at radius 2 is 2.19 bits per heavy atom. The molecule has 0 aromatic heterocycles. The smallest absolute Gasteiger partial charge is 0.234 e. The summed E-state index contributed by atoms with van der Waals surface area (Å²) < 4.78 is 5.34. The van der Waals surface area contributed by atoms with Gasteiger partial charge in [-0.2, -0.15) is 0 Å². The van der Waals surface area contributed by atoms with Crippen molar-refractivity contribution in [2.24, 2.45) is 0 Å². The Labute approximate surface area is 97.5 Å². The van der Waals surface area contributed by atoms with E-state index in [0.29, 0.717) is 19.7 Å². The van der Waals surface area contributed by atoms with Crippen molar-refractivity contribution in [2.45, 2.75) is 20.0 Å². The Bertz CT molecular complexity index is 205. The monoisotopic (exact) mass is 229 g/mol. The fraction of sp³-hybridized carbons (Fsp3) is 0.909. The zero-order chi connectivity index (χ0) is 11.8. The zero-order valence-electron chi connectivity index (χ0n) is 10.3.